The third-order valence-corrected chi connectivity index (χ3v) is 3.40. The molecule has 0 saturated carbocycles. The molecule has 1 heterocycles. The predicted octanol–water partition coefficient (Wildman–Crippen LogP) is 2.52. The van der Waals surface area contributed by atoms with Crippen LogP contribution in [0.3, 0.4) is 0 Å². The van der Waals surface area contributed by atoms with Crippen molar-refractivity contribution in [2.75, 3.05) is 26.2 Å². The lowest BCUT2D eigenvalue weighted by Gasteiger charge is -2.32. The van der Waals surface area contributed by atoms with Crippen LogP contribution in [0.25, 0.3) is 0 Å². The number of ether oxygens (including phenoxy) is 1. The second kappa shape index (κ2) is 6.30. The van der Waals surface area contributed by atoms with E-state index in [2.05, 4.69) is 0 Å². The number of morpholine rings is 1. The zero-order valence-electron chi connectivity index (χ0n) is 10.8. The van der Waals surface area contributed by atoms with E-state index in [-0.39, 0.29) is 11.1 Å². The minimum Gasteiger partial charge on any atom is -0.374 e. The fourth-order valence-corrected chi connectivity index (χ4v) is 2.49. The van der Waals surface area contributed by atoms with Crippen LogP contribution < -0.4 is 5.73 Å². The maximum atomic E-state index is 12.7. The van der Waals surface area contributed by atoms with Gasteiger partial charge in [-0.1, -0.05) is 11.6 Å². The number of hydrogen-bond acceptors (Lipinski definition) is 3. The quantitative estimate of drug-likeness (QED) is 0.932. The van der Waals surface area contributed by atoms with E-state index in [1.165, 1.54) is 0 Å². The largest absolute Gasteiger partial charge is 0.416 e. The summed E-state index contributed by atoms with van der Waals surface area (Å²) in [6, 6.07) is 3.63. The Morgan fingerprint density at radius 1 is 1.35 bits per heavy atom. The van der Waals surface area contributed by atoms with Crippen LogP contribution in [0.15, 0.2) is 18.2 Å². The van der Waals surface area contributed by atoms with Gasteiger partial charge >= 0.3 is 6.18 Å². The van der Waals surface area contributed by atoms with E-state index >= 15 is 0 Å². The first-order valence-corrected chi connectivity index (χ1v) is 6.67. The highest BCUT2D eigenvalue weighted by Crippen LogP contribution is 2.32. The molecule has 0 bridgehead atoms. The lowest BCUT2D eigenvalue weighted by Crippen LogP contribution is -2.45. The van der Waals surface area contributed by atoms with Crippen LogP contribution in [-0.4, -0.2) is 37.2 Å². The molecule has 1 atom stereocenters. The minimum absolute atomic E-state index is 0.0648. The molecule has 1 aromatic carbocycles. The number of alkyl halides is 3. The average molecular weight is 309 g/mol. The van der Waals surface area contributed by atoms with Crippen molar-refractivity contribution in [3.63, 3.8) is 0 Å². The summed E-state index contributed by atoms with van der Waals surface area (Å²) in [6.45, 7) is 2.63. The van der Waals surface area contributed by atoms with Crippen LogP contribution in [0, 0.1) is 0 Å². The van der Waals surface area contributed by atoms with Crippen molar-refractivity contribution >= 4 is 11.6 Å². The standard InChI is InChI=1S/C13H16ClF3N2O/c14-11-4-9(3-10(5-11)13(15,16)17)7-19-1-2-20-12(6-18)8-19/h3-5,12H,1-2,6-8,18H2. The Labute approximate surface area is 120 Å². The first-order chi connectivity index (χ1) is 9.38. The van der Waals surface area contributed by atoms with Gasteiger partial charge in [0.05, 0.1) is 18.3 Å². The van der Waals surface area contributed by atoms with Gasteiger partial charge in [0.15, 0.2) is 0 Å². The summed E-state index contributed by atoms with van der Waals surface area (Å²) in [4.78, 5) is 2.02. The molecule has 1 aromatic rings. The third kappa shape index (κ3) is 4.09. The molecular formula is C13H16ClF3N2O. The first-order valence-electron chi connectivity index (χ1n) is 6.29. The Bertz CT molecular complexity index is 467. The van der Waals surface area contributed by atoms with Crippen molar-refractivity contribution in [3.8, 4) is 0 Å². The van der Waals surface area contributed by atoms with Gasteiger partial charge in [0.2, 0.25) is 0 Å². The van der Waals surface area contributed by atoms with E-state index < -0.39 is 11.7 Å². The monoisotopic (exact) mass is 308 g/mol. The normalized spacial score (nSPS) is 21.1. The van der Waals surface area contributed by atoms with Gasteiger partial charge in [0, 0.05) is 31.2 Å². The van der Waals surface area contributed by atoms with Crippen LogP contribution in [0.4, 0.5) is 13.2 Å². The Kier molecular flexibility index (Phi) is 4.90. The van der Waals surface area contributed by atoms with E-state index in [0.29, 0.717) is 38.3 Å². The maximum Gasteiger partial charge on any atom is 0.416 e. The molecule has 1 saturated heterocycles. The van der Waals surface area contributed by atoms with Crippen molar-refractivity contribution in [3.05, 3.63) is 34.3 Å². The van der Waals surface area contributed by atoms with Crippen LogP contribution in [0.2, 0.25) is 5.02 Å². The van der Waals surface area contributed by atoms with Crippen molar-refractivity contribution in [2.45, 2.75) is 18.8 Å². The van der Waals surface area contributed by atoms with Gasteiger partial charge in [-0.2, -0.15) is 13.2 Å². The van der Waals surface area contributed by atoms with Crippen LogP contribution in [0.5, 0.6) is 0 Å². The Morgan fingerprint density at radius 2 is 2.10 bits per heavy atom. The molecule has 1 unspecified atom stereocenters. The summed E-state index contributed by atoms with van der Waals surface area (Å²) in [5, 5.41) is 0.0958. The lowest BCUT2D eigenvalue weighted by atomic mass is 10.1. The molecule has 1 fully saturated rings. The fraction of sp³-hybridized carbons (Fsp3) is 0.538. The fourth-order valence-electron chi connectivity index (χ4n) is 2.23. The highest BCUT2D eigenvalue weighted by atomic mass is 35.5. The van der Waals surface area contributed by atoms with Gasteiger partial charge in [0.25, 0.3) is 0 Å². The van der Waals surface area contributed by atoms with Crippen LogP contribution in [-0.2, 0) is 17.5 Å². The molecule has 1 aliphatic rings. The Hall–Kier alpha value is -0.820. The molecule has 2 N–H and O–H groups in total. The smallest absolute Gasteiger partial charge is 0.374 e. The van der Waals surface area contributed by atoms with Gasteiger partial charge in [-0.3, -0.25) is 4.90 Å². The summed E-state index contributed by atoms with van der Waals surface area (Å²) in [5.74, 6) is 0. The maximum absolute atomic E-state index is 12.7. The number of benzene rings is 1. The summed E-state index contributed by atoms with van der Waals surface area (Å²) in [7, 11) is 0. The summed E-state index contributed by atoms with van der Waals surface area (Å²) in [5.41, 5.74) is 5.37. The topological polar surface area (TPSA) is 38.5 Å². The number of halogens is 4. The van der Waals surface area contributed by atoms with Gasteiger partial charge in [0.1, 0.15) is 0 Å². The molecule has 0 aromatic heterocycles. The predicted molar refractivity (Wildman–Crippen MR) is 70.5 cm³/mol. The molecule has 112 valence electrons. The van der Waals surface area contributed by atoms with E-state index in [9.17, 15) is 13.2 Å². The summed E-state index contributed by atoms with van der Waals surface area (Å²) in [6.07, 6.45) is -4.45. The SMILES string of the molecule is NCC1CN(Cc2cc(Cl)cc(C(F)(F)F)c2)CCO1. The highest BCUT2D eigenvalue weighted by molar-refractivity contribution is 6.30. The molecule has 7 heteroatoms. The van der Waals surface area contributed by atoms with Crippen molar-refractivity contribution in [1.29, 1.82) is 0 Å². The number of nitrogens with two attached hydrogens (primary N) is 1. The van der Waals surface area contributed by atoms with E-state index in [1.54, 1.807) is 6.07 Å². The molecule has 2 rings (SSSR count). The van der Waals surface area contributed by atoms with E-state index in [4.69, 9.17) is 22.1 Å². The van der Waals surface area contributed by atoms with Crippen molar-refractivity contribution in [2.24, 2.45) is 5.73 Å². The van der Waals surface area contributed by atoms with Crippen molar-refractivity contribution in [1.82, 2.24) is 4.90 Å². The molecule has 0 amide bonds. The second-order valence-electron chi connectivity index (χ2n) is 4.81. The second-order valence-corrected chi connectivity index (χ2v) is 5.25. The number of nitrogens with zero attached hydrogens (tertiary/aromatic N) is 1. The molecule has 20 heavy (non-hydrogen) atoms. The van der Waals surface area contributed by atoms with Crippen molar-refractivity contribution < 1.29 is 17.9 Å². The lowest BCUT2D eigenvalue weighted by molar-refractivity contribution is -0.137. The summed E-state index contributed by atoms with van der Waals surface area (Å²) >= 11 is 5.77. The van der Waals surface area contributed by atoms with Gasteiger partial charge in [-0.05, 0) is 23.8 Å². The van der Waals surface area contributed by atoms with Gasteiger partial charge in [-0.25, -0.2) is 0 Å². The molecule has 1 aliphatic heterocycles. The van der Waals surface area contributed by atoms with E-state index in [0.717, 1.165) is 12.1 Å². The molecule has 3 nitrogen and oxygen atoms in total. The highest BCUT2D eigenvalue weighted by Gasteiger charge is 2.31. The zero-order valence-corrected chi connectivity index (χ0v) is 11.5. The Balaban J connectivity index is 2.11. The average Bonchev–Trinajstić information content (AvgIpc) is 2.37. The van der Waals surface area contributed by atoms with Crippen LogP contribution >= 0.6 is 11.6 Å². The molecule has 0 spiro atoms. The molecule has 0 aliphatic carbocycles. The van der Waals surface area contributed by atoms with E-state index in [1.807, 2.05) is 4.90 Å². The Morgan fingerprint density at radius 3 is 2.75 bits per heavy atom. The van der Waals surface area contributed by atoms with Gasteiger partial charge < -0.3 is 10.5 Å². The first kappa shape index (κ1) is 15.6. The molecular weight excluding hydrogens is 293 g/mol. The minimum atomic E-state index is -4.38. The number of hydrogen-bond donors (Lipinski definition) is 1. The number of rotatable bonds is 3. The molecule has 0 radical (unpaired) electrons. The summed E-state index contributed by atoms with van der Waals surface area (Å²) < 4.78 is 43.6. The third-order valence-electron chi connectivity index (χ3n) is 3.18. The van der Waals surface area contributed by atoms with Crippen LogP contribution in [0.1, 0.15) is 11.1 Å². The van der Waals surface area contributed by atoms with Gasteiger partial charge in [-0.15, -0.1) is 0 Å². The zero-order chi connectivity index (χ0) is 14.8.